The molecule has 0 saturated carbocycles. The second-order valence-corrected chi connectivity index (χ2v) is 7.76. The van der Waals surface area contributed by atoms with E-state index < -0.39 is 0 Å². The first-order valence-electron chi connectivity index (χ1n) is 9.22. The number of nitrogens with zero attached hydrogens (tertiary/aromatic N) is 1. The van der Waals surface area contributed by atoms with E-state index >= 15 is 0 Å². The summed E-state index contributed by atoms with van der Waals surface area (Å²) in [4.78, 5) is 13.6. The number of hydrogen-bond acceptors (Lipinski definition) is 3. The Bertz CT molecular complexity index is 753. The molecule has 0 aliphatic carbocycles. The zero-order valence-corrected chi connectivity index (χ0v) is 16.9. The number of carbonyl (C=O) groups excluding carboxylic acids is 1. The van der Waals surface area contributed by atoms with Crippen LogP contribution in [0.2, 0.25) is 0 Å². The molecule has 0 aromatic heterocycles. The lowest BCUT2D eigenvalue weighted by atomic mass is 9.79. The highest BCUT2D eigenvalue weighted by molar-refractivity contribution is 5.83. The molecule has 0 N–H and O–H groups in total. The fraction of sp³-hybridized carbons (Fsp3) is 0.435. The number of ether oxygens (including phenoxy) is 1. The van der Waals surface area contributed by atoms with Crippen LogP contribution in [0, 0.1) is 0 Å². The maximum atomic E-state index is 11.2. The molecule has 1 aromatic carbocycles. The normalized spacial score (nSPS) is 17.8. The van der Waals surface area contributed by atoms with E-state index in [4.69, 9.17) is 0 Å². The highest BCUT2D eigenvalue weighted by atomic mass is 16.5. The summed E-state index contributed by atoms with van der Waals surface area (Å²) in [5, 5.41) is 0. The van der Waals surface area contributed by atoms with Gasteiger partial charge < -0.3 is 9.64 Å². The lowest BCUT2D eigenvalue weighted by molar-refractivity contribution is -0.134. The molecule has 0 bridgehead atoms. The smallest absolute Gasteiger partial charge is 0.330 e. The van der Waals surface area contributed by atoms with Gasteiger partial charge in [-0.05, 0) is 66.5 Å². The molecule has 0 fully saturated rings. The van der Waals surface area contributed by atoms with Gasteiger partial charge >= 0.3 is 5.97 Å². The standard InChI is InChI=1S/C23H31NO2/c1-17(15-22(25)26-6)9-7-10-18(2)19-11-12-21-20(16-19)23(3,4)13-8-14-24(21)5/h7,9-12,15-16H,8,13-14H2,1-6H3/b9-7+,17-15+,18-10+. The summed E-state index contributed by atoms with van der Waals surface area (Å²) in [5.74, 6) is -0.329. The molecule has 0 unspecified atom stereocenters. The summed E-state index contributed by atoms with van der Waals surface area (Å²) in [6.45, 7) is 9.80. The van der Waals surface area contributed by atoms with Gasteiger partial charge in [0.25, 0.3) is 0 Å². The Balaban J connectivity index is 2.28. The van der Waals surface area contributed by atoms with E-state index in [9.17, 15) is 4.79 Å². The maximum absolute atomic E-state index is 11.2. The Labute approximate surface area is 158 Å². The van der Waals surface area contributed by atoms with Crippen LogP contribution in [0.4, 0.5) is 5.69 Å². The Hall–Kier alpha value is -2.29. The van der Waals surface area contributed by atoms with E-state index in [1.807, 2.05) is 19.1 Å². The number of benzene rings is 1. The number of carbonyl (C=O) groups is 1. The zero-order valence-electron chi connectivity index (χ0n) is 16.9. The fourth-order valence-corrected chi connectivity index (χ4v) is 3.40. The summed E-state index contributed by atoms with van der Waals surface area (Å²) in [6.07, 6.45) is 9.89. The van der Waals surface area contributed by atoms with Gasteiger partial charge in [-0.1, -0.05) is 38.1 Å². The molecule has 140 valence electrons. The molecule has 0 spiro atoms. The first-order chi connectivity index (χ1) is 12.2. The summed E-state index contributed by atoms with van der Waals surface area (Å²) in [5.41, 5.74) is 6.27. The summed E-state index contributed by atoms with van der Waals surface area (Å²) < 4.78 is 4.64. The summed E-state index contributed by atoms with van der Waals surface area (Å²) in [7, 11) is 3.57. The number of anilines is 1. The van der Waals surface area contributed by atoms with Crippen LogP contribution in [0.5, 0.6) is 0 Å². The third-order valence-corrected chi connectivity index (χ3v) is 5.14. The molecule has 0 radical (unpaired) electrons. The first-order valence-corrected chi connectivity index (χ1v) is 9.22. The van der Waals surface area contributed by atoms with Crippen molar-refractivity contribution in [2.75, 3.05) is 25.6 Å². The molecule has 3 nitrogen and oxygen atoms in total. The minimum Gasteiger partial charge on any atom is -0.466 e. The molecule has 0 atom stereocenters. The second-order valence-electron chi connectivity index (χ2n) is 7.76. The highest BCUT2D eigenvalue weighted by Gasteiger charge is 2.28. The van der Waals surface area contributed by atoms with Crippen molar-refractivity contribution in [3.8, 4) is 0 Å². The molecule has 1 aliphatic rings. The van der Waals surface area contributed by atoms with Gasteiger partial charge in [0.05, 0.1) is 7.11 Å². The topological polar surface area (TPSA) is 29.5 Å². The predicted octanol–water partition coefficient (Wildman–Crippen LogP) is 5.27. The van der Waals surface area contributed by atoms with Crippen LogP contribution in [-0.4, -0.2) is 26.7 Å². The molecule has 0 saturated heterocycles. The van der Waals surface area contributed by atoms with Gasteiger partial charge in [0, 0.05) is 25.4 Å². The third-order valence-electron chi connectivity index (χ3n) is 5.14. The molecule has 26 heavy (non-hydrogen) atoms. The van der Waals surface area contributed by atoms with Crippen LogP contribution < -0.4 is 4.90 Å². The van der Waals surface area contributed by atoms with Gasteiger partial charge in [-0.3, -0.25) is 0 Å². The van der Waals surface area contributed by atoms with Crippen molar-refractivity contribution in [2.24, 2.45) is 0 Å². The Morgan fingerprint density at radius 1 is 1.27 bits per heavy atom. The van der Waals surface area contributed by atoms with Crippen LogP contribution >= 0.6 is 0 Å². The van der Waals surface area contributed by atoms with Crippen molar-refractivity contribution < 1.29 is 9.53 Å². The molecule has 1 aromatic rings. The van der Waals surface area contributed by atoms with Crippen molar-refractivity contribution in [3.05, 3.63) is 59.2 Å². The first kappa shape index (κ1) is 20.0. The van der Waals surface area contributed by atoms with Crippen LogP contribution in [0.25, 0.3) is 5.57 Å². The fourth-order valence-electron chi connectivity index (χ4n) is 3.40. The minimum absolute atomic E-state index is 0.187. The van der Waals surface area contributed by atoms with Crippen molar-refractivity contribution >= 4 is 17.2 Å². The van der Waals surface area contributed by atoms with Crippen LogP contribution in [0.3, 0.4) is 0 Å². The van der Waals surface area contributed by atoms with Crippen LogP contribution in [0.1, 0.15) is 51.7 Å². The SMILES string of the molecule is COC(=O)/C=C(C)/C=C/C=C(\C)c1ccc2c(c1)C(C)(C)CCCN2C. The van der Waals surface area contributed by atoms with Crippen LogP contribution in [-0.2, 0) is 14.9 Å². The zero-order chi connectivity index (χ0) is 19.3. The lowest BCUT2D eigenvalue weighted by Gasteiger charge is -2.27. The van der Waals surface area contributed by atoms with Gasteiger partial charge in [0.2, 0.25) is 0 Å². The van der Waals surface area contributed by atoms with Crippen molar-refractivity contribution in [1.29, 1.82) is 0 Å². The Kier molecular flexibility index (Phi) is 6.47. The number of rotatable bonds is 4. The predicted molar refractivity (Wildman–Crippen MR) is 111 cm³/mol. The number of esters is 1. The number of methoxy groups -OCH3 is 1. The van der Waals surface area contributed by atoms with Gasteiger partial charge in [0.15, 0.2) is 0 Å². The van der Waals surface area contributed by atoms with Crippen LogP contribution in [0.15, 0.2) is 48.1 Å². The molecular weight excluding hydrogens is 322 g/mol. The molecule has 1 heterocycles. The van der Waals surface area contributed by atoms with E-state index in [0.29, 0.717) is 0 Å². The second kappa shape index (κ2) is 8.39. The molecule has 3 heteroatoms. The number of allylic oxidation sites excluding steroid dienone is 5. The Morgan fingerprint density at radius 2 is 2.00 bits per heavy atom. The van der Waals surface area contributed by atoms with E-state index in [1.54, 1.807) is 0 Å². The van der Waals surface area contributed by atoms with E-state index in [1.165, 1.54) is 48.4 Å². The van der Waals surface area contributed by atoms with Gasteiger partial charge in [0.1, 0.15) is 0 Å². The van der Waals surface area contributed by atoms with Gasteiger partial charge in [-0.15, -0.1) is 0 Å². The minimum atomic E-state index is -0.329. The quantitative estimate of drug-likeness (QED) is 0.419. The third kappa shape index (κ3) is 4.87. The average Bonchev–Trinajstić information content (AvgIpc) is 2.71. The molecule has 1 aliphatic heterocycles. The summed E-state index contributed by atoms with van der Waals surface area (Å²) >= 11 is 0. The van der Waals surface area contributed by atoms with Gasteiger partial charge in [-0.25, -0.2) is 4.79 Å². The average molecular weight is 354 g/mol. The molecule has 0 amide bonds. The number of fused-ring (bicyclic) bond motifs is 1. The lowest BCUT2D eigenvalue weighted by Crippen LogP contribution is -2.19. The number of hydrogen-bond donors (Lipinski definition) is 0. The Morgan fingerprint density at radius 3 is 2.69 bits per heavy atom. The monoisotopic (exact) mass is 353 g/mol. The molecular formula is C23H31NO2. The van der Waals surface area contributed by atoms with Gasteiger partial charge in [-0.2, -0.15) is 0 Å². The highest BCUT2D eigenvalue weighted by Crippen LogP contribution is 2.39. The van der Waals surface area contributed by atoms with E-state index in [2.05, 4.69) is 61.7 Å². The van der Waals surface area contributed by atoms with E-state index in [-0.39, 0.29) is 11.4 Å². The van der Waals surface area contributed by atoms with Crippen molar-refractivity contribution in [3.63, 3.8) is 0 Å². The summed E-state index contributed by atoms with van der Waals surface area (Å²) in [6, 6.07) is 6.79. The largest absolute Gasteiger partial charge is 0.466 e. The maximum Gasteiger partial charge on any atom is 0.330 e. The molecule has 2 rings (SSSR count). The van der Waals surface area contributed by atoms with Crippen molar-refractivity contribution in [2.45, 2.75) is 46.0 Å². The van der Waals surface area contributed by atoms with E-state index in [0.717, 1.165) is 12.1 Å². The van der Waals surface area contributed by atoms with Crippen molar-refractivity contribution in [1.82, 2.24) is 0 Å².